The Balaban J connectivity index is 1.69. The van der Waals surface area contributed by atoms with Crippen molar-refractivity contribution < 1.29 is 4.79 Å². The van der Waals surface area contributed by atoms with Crippen LogP contribution in [-0.4, -0.2) is 18.0 Å². The Morgan fingerprint density at radius 1 is 1.10 bits per heavy atom. The molecule has 0 bridgehead atoms. The minimum atomic E-state index is 0.112. The van der Waals surface area contributed by atoms with Gasteiger partial charge < -0.3 is 10.6 Å². The smallest absolute Gasteiger partial charge is 0.223 e. The summed E-state index contributed by atoms with van der Waals surface area (Å²) in [5.41, 5.74) is 0.388. The molecule has 0 atom stereocenters. The van der Waals surface area contributed by atoms with Crippen molar-refractivity contribution in [1.29, 1.82) is 5.26 Å². The van der Waals surface area contributed by atoms with E-state index in [-0.39, 0.29) is 17.9 Å². The first kappa shape index (κ1) is 15.2. The molecule has 0 unspecified atom stereocenters. The van der Waals surface area contributed by atoms with Crippen LogP contribution in [0.2, 0.25) is 0 Å². The molecule has 2 saturated carbocycles. The maximum absolute atomic E-state index is 12.1. The third-order valence-electron chi connectivity index (χ3n) is 5.08. The zero-order valence-electron chi connectivity index (χ0n) is 12.9. The molecule has 2 aliphatic carbocycles. The minimum absolute atomic E-state index is 0.112. The summed E-state index contributed by atoms with van der Waals surface area (Å²) in [5, 5.41) is 14.4. The topological polar surface area (TPSA) is 64.9 Å². The van der Waals surface area contributed by atoms with Gasteiger partial charge in [0.2, 0.25) is 5.91 Å². The summed E-state index contributed by atoms with van der Waals surface area (Å²) >= 11 is 0. The average molecular weight is 277 g/mol. The van der Waals surface area contributed by atoms with Crippen LogP contribution in [0.5, 0.6) is 0 Å². The van der Waals surface area contributed by atoms with E-state index in [9.17, 15) is 4.79 Å². The van der Waals surface area contributed by atoms with E-state index in [4.69, 9.17) is 5.26 Å². The molecular formula is C16H27N3O. The number of carbonyl (C=O) groups excluding carboxylic acids is 1. The van der Waals surface area contributed by atoms with Crippen molar-refractivity contribution in [1.82, 2.24) is 10.6 Å². The van der Waals surface area contributed by atoms with Crippen molar-refractivity contribution in [2.75, 3.05) is 0 Å². The minimum Gasteiger partial charge on any atom is -0.353 e. The van der Waals surface area contributed by atoms with E-state index in [1.165, 1.54) is 12.8 Å². The highest BCUT2D eigenvalue weighted by atomic mass is 16.2. The van der Waals surface area contributed by atoms with Gasteiger partial charge in [0.05, 0.1) is 0 Å². The lowest BCUT2D eigenvalue weighted by Crippen LogP contribution is -2.49. The van der Waals surface area contributed by atoms with Gasteiger partial charge in [0.1, 0.15) is 0 Å². The molecule has 2 fully saturated rings. The van der Waals surface area contributed by atoms with Gasteiger partial charge in [0, 0.05) is 18.0 Å². The largest absolute Gasteiger partial charge is 0.353 e. The second kappa shape index (κ2) is 6.03. The lowest BCUT2D eigenvalue weighted by Gasteiger charge is -2.39. The molecule has 4 heteroatoms. The lowest BCUT2D eigenvalue weighted by atomic mass is 9.71. The maximum Gasteiger partial charge on any atom is 0.223 e. The van der Waals surface area contributed by atoms with Gasteiger partial charge in [-0.1, -0.05) is 20.8 Å². The number of nitrogens with zero attached hydrogens (tertiary/aromatic N) is 1. The van der Waals surface area contributed by atoms with Gasteiger partial charge in [-0.3, -0.25) is 4.79 Å². The number of amides is 1. The summed E-state index contributed by atoms with van der Waals surface area (Å²) in [4.78, 5) is 12.1. The van der Waals surface area contributed by atoms with Crippen LogP contribution in [0.25, 0.3) is 0 Å². The fourth-order valence-electron chi connectivity index (χ4n) is 3.46. The molecule has 0 saturated heterocycles. The molecule has 2 N–H and O–H groups in total. The van der Waals surface area contributed by atoms with Crippen molar-refractivity contribution in [2.24, 2.45) is 17.3 Å². The van der Waals surface area contributed by atoms with Gasteiger partial charge in [0.25, 0.3) is 0 Å². The quantitative estimate of drug-likeness (QED) is 0.615. The Morgan fingerprint density at radius 3 is 2.20 bits per heavy atom. The van der Waals surface area contributed by atoms with Crippen molar-refractivity contribution in [3.8, 4) is 6.19 Å². The summed E-state index contributed by atoms with van der Waals surface area (Å²) in [6.07, 6.45) is 8.22. The van der Waals surface area contributed by atoms with Gasteiger partial charge in [-0.15, -0.1) is 0 Å². The predicted molar refractivity (Wildman–Crippen MR) is 78.6 cm³/mol. The molecule has 0 heterocycles. The van der Waals surface area contributed by atoms with Crippen LogP contribution in [0.4, 0.5) is 0 Å². The van der Waals surface area contributed by atoms with E-state index >= 15 is 0 Å². The Kier molecular flexibility index (Phi) is 4.57. The molecule has 20 heavy (non-hydrogen) atoms. The zero-order valence-corrected chi connectivity index (χ0v) is 12.9. The third kappa shape index (κ3) is 3.65. The van der Waals surface area contributed by atoms with Crippen LogP contribution in [0.3, 0.4) is 0 Å². The second-order valence-corrected chi connectivity index (χ2v) is 7.54. The van der Waals surface area contributed by atoms with Crippen LogP contribution in [0, 0.1) is 28.7 Å². The van der Waals surface area contributed by atoms with Gasteiger partial charge in [-0.05, 0) is 49.9 Å². The van der Waals surface area contributed by atoms with E-state index in [0.717, 1.165) is 31.6 Å². The first-order valence-corrected chi connectivity index (χ1v) is 7.85. The van der Waals surface area contributed by atoms with E-state index in [1.54, 1.807) is 0 Å². The summed E-state index contributed by atoms with van der Waals surface area (Å²) in [6, 6.07) is 0.580. The van der Waals surface area contributed by atoms with E-state index in [2.05, 4.69) is 31.4 Å². The molecule has 1 amide bonds. The SMILES string of the molecule is CC(C)(C)C1CCC(NC(=O)[C@H]2C[C@H](NC#N)C2)CC1. The average Bonchev–Trinajstić information content (AvgIpc) is 2.32. The van der Waals surface area contributed by atoms with Crippen molar-refractivity contribution >= 4 is 5.91 Å². The standard InChI is InChI=1S/C16H27N3O/c1-16(2,3)12-4-6-13(7-5-12)19-15(20)11-8-14(9-11)18-10-17/h11-14,18H,4-9H2,1-3H3,(H,19,20)/t11-,12?,13?,14-. The number of carbonyl (C=O) groups is 1. The van der Waals surface area contributed by atoms with Gasteiger partial charge in [-0.2, -0.15) is 5.26 Å². The molecule has 112 valence electrons. The summed E-state index contributed by atoms with van der Waals surface area (Å²) in [5.74, 6) is 1.09. The van der Waals surface area contributed by atoms with Crippen LogP contribution in [-0.2, 0) is 4.79 Å². The summed E-state index contributed by atoms with van der Waals surface area (Å²) in [7, 11) is 0. The number of hydrogen-bond acceptors (Lipinski definition) is 3. The molecule has 0 aromatic rings. The molecule has 0 aromatic heterocycles. The van der Waals surface area contributed by atoms with Crippen molar-refractivity contribution in [2.45, 2.75) is 71.4 Å². The number of nitriles is 1. The third-order valence-corrected chi connectivity index (χ3v) is 5.08. The number of hydrogen-bond donors (Lipinski definition) is 2. The first-order valence-electron chi connectivity index (χ1n) is 7.85. The highest BCUT2D eigenvalue weighted by molar-refractivity contribution is 5.80. The second-order valence-electron chi connectivity index (χ2n) is 7.54. The molecule has 0 spiro atoms. The lowest BCUT2D eigenvalue weighted by molar-refractivity contribution is -0.129. The fraction of sp³-hybridized carbons (Fsp3) is 0.875. The van der Waals surface area contributed by atoms with Gasteiger partial charge >= 0.3 is 0 Å². The Hall–Kier alpha value is -1.24. The highest BCUT2D eigenvalue weighted by Gasteiger charge is 2.36. The van der Waals surface area contributed by atoms with Gasteiger partial charge in [0.15, 0.2) is 6.19 Å². The molecule has 2 aliphatic rings. The van der Waals surface area contributed by atoms with Crippen LogP contribution >= 0.6 is 0 Å². The van der Waals surface area contributed by atoms with Gasteiger partial charge in [-0.25, -0.2) is 0 Å². The zero-order chi connectivity index (χ0) is 14.8. The van der Waals surface area contributed by atoms with Crippen LogP contribution in [0.15, 0.2) is 0 Å². The first-order chi connectivity index (χ1) is 9.40. The van der Waals surface area contributed by atoms with Crippen LogP contribution < -0.4 is 10.6 Å². The van der Waals surface area contributed by atoms with Crippen molar-refractivity contribution in [3.63, 3.8) is 0 Å². The molecule has 4 nitrogen and oxygen atoms in total. The molecule has 2 rings (SSSR count). The maximum atomic E-state index is 12.1. The fourth-order valence-corrected chi connectivity index (χ4v) is 3.46. The molecule has 0 radical (unpaired) electrons. The summed E-state index contributed by atoms with van der Waals surface area (Å²) in [6.45, 7) is 6.94. The Morgan fingerprint density at radius 2 is 1.70 bits per heavy atom. The van der Waals surface area contributed by atoms with Crippen LogP contribution in [0.1, 0.15) is 59.3 Å². The normalized spacial score (nSPS) is 33.7. The number of rotatable bonds is 3. The van der Waals surface area contributed by atoms with E-state index in [0.29, 0.717) is 11.5 Å². The monoisotopic (exact) mass is 277 g/mol. The Labute approximate surface area is 122 Å². The molecular weight excluding hydrogens is 250 g/mol. The van der Waals surface area contributed by atoms with Crippen molar-refractivity contribution in [3.05, 3.63) is 0 Å². The summed E-state index contributed by atoms with van der Waals surface area (Å²) < 4.78 is 0. The highest BCUT2D eigenvalue weighted by Crippen LogP contribution is 2.38. The van der Waals surface area contributed by atoms with E-state index in [1.807, 2.05) is 6.19 Å². The molecule has 0 aliphatic heterocycles. The Bertz CT molecular complexity index is 380. The predicted octanol–water partition coefficient (Wildman–Crippen LogP) is 2.56. The molecule has 0 aromatic carbocycles. The number of nitrogens with one attached hydrogen (secondary N) is 2. The van der Waals surface area contributed by atoms with E-state index < -0.39 is 0 Å².